The van der Waals surface area contributed by atoms with E-state index >= 15 is 0 Å². The van der Waals surface area contributed by atoms with Gasteiger partial charge < -0.3 is 15.0 Å². The highest BCUT2D eigenvalue weighted by Gasteiger charge is 2.22. The highest BCUT2D eigenvalue weighted by molar-refractivity contribution is 5.92. The van der Waals surface area contributed by atoms with Gasteiger partial charge in [-0.1, -0.05) is 30.3 Å². The summed E-state index contributed by atoms with van der Waals surface area (Å²) in [5.74, 6) is 1.88. The van der Waals surface area contributed by atoms with Crippen LogP contribution in [0.4, 0.5) is 11.5 Å². The van der Waals surface area contributed by atoms with E-state index in [4.69, 9.17) is 4.74 Å². The lowest BCUT2D eigenvalue weighted by atomic mass is 9.90. The summed E-state index contributed by atoms with van der Waals surface area (Å²) in [6, 6.07) is 14.8. The van der Waals surface area contributed by atoms with Crippen molar-refractivity contribution in [2.45, 2.75) is 32.1 Å². The number of piperidine rings is 1. The highest BCUT2D eigenvalue weighted by atomic mass is 16.5. The van der Waals surface area contributed by atoms with Crippen molar-refractivity contribution in [3.63, 3.8) is 0 Å². The first kappa shape index (κ1) is 18.9. The molecular weight excluding hydrogens is 350 g/mol. The van der Waals surface area contributed by atoms with E-state index in [2.05, 4.69) is 45.5 Å². The summed E-state index contributed by atoms with van der Waals surface area (Å²) in [6.07, 6.45) is 6.93. The maximum Gasteiger partial charge on any atom is 0.227 e. The number of nitrogens with zero attached hydrogens (tertiary/aromatic N) is 2. The molecule has 0 spiro atoms. The number of hydrogen-bond donors (Lipinski definition) is 1. The van der Waals surface area contributed by atoms with Gasteiger partial charge in [-0.2, -0.15) is 0 Å². The Hall–Kier alpha value is -2.40. The van der Waals surface area contributed by atoms with E-state index in [0.29, 0.717) is 13.2 Å². The van der Waals surface area contributed by atoms with Crippen LogP contribution < -0.4 is 10.2 Å². The van der Waals surface area contributed by atoms with E-state index in [1.165, 1.54) is 24.8 Å². The molecule has 0 saturated carbocycles. The van der Waals surface area contributed by atoms with Crippen LogP contribution in [-0.4, -0.2) is 37.2 Å². The molecule has 0 atom stereocenters. The smallest absolute Gasteiger partial charge is 0.227 e. The number of carbonyl (C=O) groups is 1. The van der Waals surface area contributed by atoms with Gasteiger partial charge in [0.2, 0.25) is 5.91 Å². The van der Waals surface area contributed by atoms with Gasteiger partial charge >= 0.3 is 0 Å². The molecule has 4 rings (SSSR count). The Labute approximate surface area is 167 Å². The Morgan fingerprint density at radius 2 is 1.79 bits per heavy atom. The fourth-order valence-electron chi connectivity index (χ4n) is 4.16. The second-order valence-electron chi connectivity index (χ2n) is 7.90. The van der Waals surface area contributed by atoms with E-state index < -0.39 is 0 Å². The van der Waals surface area contributed by atoms with E-state index in [-0.39, 0.29) is 11.8 Å². The zero-order valence-corrected chi connectivity index (χ0v) is 16.3. The van der Waals surface area contributed by atoms with Gasteiger partial charge in [-0.15, -0.1) is 0 Å². The normalized spacial score (nSPS) is 18.8. The average Bonchev–Trinajstić information content (AvgIpc) is 2.76. The van der Waals surface area contributed by atoms with Crippen LogP contribution in [0.25, 0.3) is 0 Å². The molecule has 1 aromatic heterocycles. The Bertz CT molecular complexity index is 749. The lowest BCUT2D eigenvalue weighted by molar-refractivity contribution is -0.122. The number of nitrogens with one attached hydrogen (secondary N) is 1. The van der Waals surface area contributed by atoms with Crippen LogP contribution in [0.15, 0.2) is 48.7 Å². The molecule has 148 valence electrons. The van der Waals surface area contributed by atoms with Crippen molar-refractivity contribution in [3.8, 4) is 0 Å². The zero-order valence-electron chi connectivity index (χ0n) is 16.3. The fourth-order valence-corrected chi connectivity index (χ4v) is 4.16. The first-order valence-electron chi connectivity index (χ1n) is 10.4. The molecule has 1 N–H and O–H groups in total. The first-order valence-corrected chi connectivity index (χ1v) is 10.4. The van der Waals surface area contributed by atoms with E-state index in [1.54, 1.807) is 6.20 Å². The minimum atomic E-state index is 0.0528. The number of pyridine rings is 1. The van der Waals surface area contributed by atoms with Crippen LogP contribution in [0.2, 0.25) is 0 Å². The summed E-state index contributed by atoms with van der Waals surface area (Å²) < 4.78 is 5.33. The summed E-state index contributed by atoms with van der Waals surface area (Å²) in [5.41, 5.74) is 2.21. The number of carbonyl (C=O) groups excluding carboxylic acids is 1. The minimum absolute atomic E-state index is 0.0528. The van der Waals surface area contributed by atoms with E-state index in [1.807, 2.05) is 12.1 Å². The highest BCUT2D eigenvalue weighted by Crippen LogP contribution is 2.25. The number of amides is 1. The number of ether oxygens (including phenoxy) is 1. The van der Waals surface area contributed by atoms with Crippen molar-refractivity contribution in [1.29, 1.82) is 0 Å². The average molecular weight is 380 g/mol. The standard InChI is InChI=1S/C23H29N3O2/c27-23(20-10-14-28-15-11-20)25-21-6-7-22(24-17-21)26-12-8-19(9-13-26)16-18-4-2-1-3-5-18/h1-7,17,19-20H,8-16H2,(H,25,27). The summed E-state index contributed by atoms with van der Waals surface area (Å²) >= 11 is 0. The van der Waals surface area contributed by atoms with Crippen molar-refractivity contribution in [2.75, 3.05) is 36.5 Å². The predicted molar refractivity (Wildman–Crippen MR) is 111 cm³/mol. The molecular formula is C23H29N3O2. The monoisotopic (exact) mass is 379 g/mol. The Kier molecular flexibility index (Phi) is 6.22. The first-order chi connectivity index (χ1) is 13.8. The molecule has 2 aromatic rings. The van der Waals surface area contributed by atoms with Crippen LogP contribution in [0, 0.1) is 11.8 Å². The van der Waals surface area contributed by atoms with Crippen LogP contribution in [0.1, 0.15) is 31.2 Å². The molecule has 28 heavy (non-hydrogen) atoms. The fraction of sp³-hybridized carbons (Fsp3) is 0.478. The topological polar surface area (TPSA) is 54.5 Å². The lowest BCUT2D eigenvalue weighted by Gasteiger charge is -2.33. The van der Waals surface area contributed by atoms with Crippen molar-refractivity contribution in [1.82, 2.24) is 4.98 Å². The third kappa shape index (κ3) is 4.90. The Balaban J connectivity index is 1.27. The zero-order chi connectivity index (χ0) is 19.2. The van der Waals surface area contributed by atoms with E-state index in [9.17, 15) is 4.79 Å². The molecule has 0 unspecified atom stereocenters. The van der Waals surface area contributed by atoms with E-state index in [0.717, 1.165) is 43.4 Å². The van der Waals surface area contributed by atoms with Gasteiger partial charge in [-0.05, 0) is 55.7 Å². The molecule has 5 heteroatoms. The number of anilines is 2. The largest absolute Gasteiger partial charge is 0.381 e. The third-order valence-corrected chi connectivity index (χ3v) is 5.91. The van der Waals surface area contributed by atoms with Crippen LogP contribution in [-0.2, 0) is 16.0 Å². The molecule has 0 aliphatic carbocycles. The molecule has 0 bridgehead atoms. The molecule has 2 aliphatic rings. The van der Waals surface area contributed by atoms with Gasteiger partial charge in [-0.25, -0.2) is 4.98 Å². The summed E-state index contributed by atoms with van der Waals surface area (Å²) in [4.78, 5) is 19.3. The molecule has 2 aliphatic heterocycles. The third-order valence-electron chi connectivity index (χ3n) is 5.91. The minimum Gasteiger partial charge on any atom is -0.381 e. The van der Waals surface area contributed by atoms with Crippen LogP contribution in [0.5, 0.6) is 0 Å². The molecule has 5 nitrogen and oxygen atoms in total. The Morgan fingerprint density at radius 1 is 1.04 bits per heavy atom. The van der Waals surface area contributed by atoms with Gasteiger partial charge in [0.1, 0.15) is 5.82 Å². The van der Waals surface area contributed by atoms with Gasteiger partial charge in [0.25, 0.3) is 0 Å². The number of aromatic nitrogens is 1. The van der Waals surface area contributed by atoms with Gasteiger partial charge in [0.15, 0.2) is 0 Å². The molecule has 1 aromatic carbocycles. The summed E-state index contributed by atoms with van der Waals surface area (Å²) in [7, 11) is 0. The quantitative estimate of drug-likeness (QED) is 0.856. The summed E-state index contributed by atoms with van der Waals surface area (Å²) in [6.45, 7) is 3.43. The van der Waals surface area contributed by atoms with Gasteiger partial charge in [0.05, 0.1) is 11.9 Å². The maximum absolute atomic E-state index is 12.3. The Morgan fingerprint density at radius 3 is 2.46 bits per heavy atom. The molecule has 0 radical (unpaired) electrons. The van der Waals surface area contributed by atoms with Crippen molar-refractivity contribution in [3.05, 3.63) is 54.2 Å². The van der Waals surface area contributed by atoms with Crippen molar-refractivity contribution >= 4 is 17.4 Å². The molecule has 2 saturated heterocycles. The second-order valence-corrected chi connectivity index (χ2v) is 7.90. The lowest BCUT2D eigenvalue weighted by Crippen LogP contribution is -2.34. The SMILES string of the molecule is O=C(Nc1ccc(N2CCC(Cc3ccccc3)CC2)nc1)C1CCOCC1. The number of rotatable bonds is 5. The second kappa shape index (κ2) is 9.20. The molecule has 2 fully saturated rings. The van der Waals surface area contributed by atoms with Gasteiger partial charge in [0, 0.05) is 32.2 Å². The molecule has 1 amide bonds. The summed E-state index contributed by atoms with van der Waals surface area (Å²) in [5, 5.41) is 3.00. The predicted octanol–water partition coefficient (Wildman–Crippen LogP) is 3.91. The maximum atomic E-state index is 12.3. The van der Waals surface area contributed by atoms with Crippen molar-refractivity contribution < 1.29 is 9.53 Å². The van der Waals surface area contributed by atoms with Gasteiger partial charge in [-0.3, -0.25) is 4.79 Å². The number of hydrogen-bond acceptors (Lipinski definition) is 4. The van der Waals surface area contributed by atoms with Crippen LogP contribution >= 0.6 is 0 Å². The van der Waals surface area contributed by atoms with Crippen molar-refractivity contribution in [2.24, 2.45) is 11.8 Å². The number of benzene rings is 1. The van der Waals surface area contributed by atoms with Crippen LogP contribution in [0.3, 0.4) is 0 Å². The molecule has 3 heterocycles.